The Kier molecular flexibility index (Phi) is 8.45. The van der Waals surface area contributed by atoms with Crippen molar-refractivity contribution in [3.05, 3.63) is 124 Å². The average molecular weight is 548 g/mol. The summed E-state index contributed by atoms with van der Waals surface area (Å²) < 4.78 is 32.7. The fourth-order valence-corrected chi connectivity index (χ4v) is 4.91. The summed E-state index contributed by atoms with van der Waals surface area (Å²) in [6, 6.07) is 27.6. The monoisotopic (exact) mass is 547 g/mol. The van der Waals surface area contributed by atoms with Crippen LogP contribution >= 0.6 is 11.6 Å². The third kappa shape index (κ3) is 6.79. The van der Waals surface area contributed by atoms with Crippen molar-refractivity contribution in [2.24, 2.45) is 5.10 Å². The molecule has 4 aromatic carbocycles. The molecular formula is C29H26ClN3O4S. The van der Waals surface area contributed by atoms with E-state index in [0.29, 0.717) is 28.6 Å². The van der Waals surface area contributed by atoms with Crippen LogP contribution < -0.4 is 14.5 Å². The number of halogens is 1. The first-order valence-corrected chi connectivity index (χ1v) is 13.5. The molecule has 0 radical (unpaired) electrons. The number of hydrogen-bond acceptors (Lipinski definition) is 5. The largest absolute Gasteiger partial charge is 0.489 e. The molecule has 4 rings (SSSR count). The summed E-state index contributed by atoms with van der Waals surface area (Å²) in [4.78, 5) is 12.7. The second kappa shape index (κ2) is 11.9. The molecule has 0 aliphatic rings. The molecule has 0 spiro atoms. The SMILES string of the molecule is Cc1ccc(S(=O)(=O)N(C)c2ccc(C(=O)N/N=C\c3ccc(OCc4cccc(Cl)c4)cc3)cc2)cc1. The first kappa shape index (κ1) is 26.9. The molecule has 9 heteroatoms. The molecule has 0 heterocycles. The molecule has 1 N–H and O–H groups in total. The van der Waals surface area contributed by atoms with Crippen LogP contribution in [0.5, 0.6) is 5.75 Å². The number of hydrazone groups is 1. The number of aryl methyl sites for hydroxylation is 1. The Morgan fingerprint density at radius 1 is 0.974 bits per heavy atom. The van der Waals surface area contributed by atoms with Gasteiger partial charge in [0.1, 0.15) is 12.4 Å². The molecule has 0 saturated heterocycles. The van der Waals surface area contributed by atoms with Gasteiger partial charge in [-0.3, -0.25) is 9.10 Å². The maximum atomic E-state index is 12.9. The van der Waals surface area contributed by atoms with Crippen molar-refractivity contribution < 1.29 is 17.9 Å². The highest BCUT2D eigenvalue weighted by atomic mass is 35.5. The second-order valence-corrected chi connectivity index (χ2v) is 10.9. The fraction of sp³-hybridized carbons (Fsp3) is 0.103. The number of nitrogens with one attached hydrogen (secondary N) is 1. The van der Waals surface area contributed by atoms with Crippen LogP contribution in [0.4, 0.5) is 5.69 Å². The van der Waals surface area contributed by atoms with Crippen molar-refractivity contribution in [1.29, 1.82) is 0 Å². The lowest BCUT2D eigenvalue weighted by Gasteiger charge is -2.19. The van der Waals surface area contributed by atoms with Crippen molar-refractivity contribution in [3.63, 3.8) is 0 Å². The number of nitrogens with zero attached hydrogens (tertiary/aromatic N) is 2. The zero-order valence-corrected chi connectivity index (χ0v) is 22.4. The van der Waals surface area contributed by atoms with E-state index in [0.717, 1.165) is 16.7 Å². The van der Waals surface area contributed by atoms with E-state index in [1.165, 1.54) is 17.6 Å². The summed E-state index contributed by atoms with van der Waals surface area (Å²) in [5.74, 6) is 0.277. The van der Waals surface area contributed by atoms with Crippen LogP contribution in [0, 0.1) is 6.92 Å². The molecule has 0 fully saturated rings. The molecule has 0 aliphatic heterocycles. The van der Waals surface area contributed by atoms with E-state index in [9.17, 15) is 13.2 Å². The van der Waals surface area contributed by atoms with Crippen molar-refractivity contribution in [1.82, 2.24) is 5.43 Å². The van der Waals surface area contributed by atoms with E-state index >= 15 is 0 Å². The number of carbonyl (C=O) groups excluding carboxylic acids is 1. The van der Waals surface area contributed by atoms with Crippen molar-refractivity contribution in [3.8, 4) is 5.75 Å². The predicted octanol–water partition coefficient (Wildman–Crippen LogP) is 5.82. The second-order valence-electron chi connectivity index (χ2n) is 8.52. The topological polar surface area (TPSA) is 88.1 Å². The van der Waals surface area contributed by atoms with Gasteiger partial charge < -0.3 is 4.74 Å². The van der Waals surface area contributed by atoms with Gasteiger partial charge in [0, 0.05) is 17.6 Å². The van der Waals surface area contributed by atoms with E-state index in [4.69, 9.17) is 16.3 Å². The van der Waals surface area contributed by atoms with Gasteiger partial charge in [-0.05, 0) is 90.8 Å². The van der Waals surface area contributed by atoms with Crippen LogP contribution in [-0.4, -0.2) is 27.6 Å². The number of sulfonamides is 1. The molecule has 4 aromatic rings. The lowest BCUT2D eigenvalue weighted by molar-refractivity contribution is 0.0955. The number of benzene rings is 4. The van der Waals surface area contributed by atoms with Gasteiger partial charge >= 0.3 is 0 Å². The molecule has 194 valence electrons. The number of carbonyl (C=O) groups is 1. The van der Waals surface area contributed by atoms with E-state index in [2.05, 4.69) is 10.5 Å². The van der Waals surface area contributed by atoms with Gasteiger partial charge in [-0.1, -0.05) is 41.4 Å². The van der Waals surface area contributed by atoms with Crippen molar-refractivity contribution in [2.45, 2.75) is 18.4 Å². The minimum atomic E-state index is -3.71. The molecule has 0 atom stereocenters. The Morgan fingerprint density at radius 3 is 2.32 bits per heavy atom. The third-order valence-corrected chi connectivity index (χ3v) is 7.76. The summed E-state index contributed by atoms with van der Waals surface area (Å²) in [5.41, 5.74) is 5.98. The van der Waals surface area contributed by atoms with Gasteiger partial charge in [0.2, 0.25) is 0 Å². The fourth-order valence-electron chi connectivity index (χ4n) is 3.50. The Morgan fingerprint density at radius 2 is 1.66 bits per heavy atom. The lowest BCUT2D eigenvalue weighted by atomic mass is 10.2. The quantitative estimate of drug-likeness (QED) is 0.211. The molecule has 38 heavy (non-hydrogen) atoms. The summed E-state index contributed by atoms with van der Waals surface area (Å²) in [6.07, 6.45) is 1.52. The number of rotatable bonds is 9. The van der Waals surface area contributed by atoms with E-state index < -0.39 is 15.9 Å². The number of hydrogen-bond donors (Lipinski definition) is 1. The Bertz CT molecular complexity index is 1540. The van der Waals surface area contributed by atoms with Crippen molar-refractivity contribution in [2.75, 3.05) is 11.4 Å². The molecule has 7 nitrogen and oxygen atoms in total. The van der Waals surface area contributed by atoms with Gasteiger partial charge in [0.25, 0.3) is 15.9 Å². The lowest BCUT2D eigenvalue weighted by Crippen LogP contribution is -2.26. The van der Waals surface area contributed by atoms with Gasteiger partial charge in [0.05, 0.1) is 16.8 Å². The number of amides is 1. The average Bonchev–Trinajstić information content (AvgIpc) is 2.92. The highest BCUT2D eigenvalue weighted by Crippen LogP contribution is 2.23. The van der Waals surface area contributed by atoms with E-state index in [1.807, 2.05) is 55.5 Å². The van der Waals surface area contributed by atoms with Gasteiger partial charge in [-0.15, -0.1) is 0 Å². The van der Waals surface area contributed by atoms with E-state index in [-0.39, 0.29) is 4.90 Å². The van der Waals surface area contributed by atoms with Gasteiger partial charge in [-0.25, -0.2) is 13.8 Å². The maximum absolute atomic E-state index is 12.9. The number of ether oxygens (including phenoxy) is 1. The van der Waals surface area contributed by atoms with Crippen molar-refractivity contribution >= 4 is 39.4 Å². The minimum absolute atomic E-state index is 0.197. The van der Waals surface area contributed by atoms with Crippen LogP contribution in [0.2, 0.25) is 5.02 Å². The molecule has 1 amide bonds. The standard InChI is InChI=1S/C29H26ClN3O4S/c1-21-6-16-28(17-7-21)38(35,36)33(2)26-12-10-24(11-13-26)29(34)32-31-19-22-8-14-27(15-9-22)37-20-23-4-3-5-25(30)18-23/h3-19H,20H2,1-2H3,(H,32,34)/b31-19-. The number of anilines is 1. The summed E-state index contributed by atoms with van der Waals surface area (Å²) in [5, 5.41) is 4.67. The molecule has 0 bridgehead atoms. The maximum Gasteiger partial charge on any atom is 0.271 e. The Labute approximate surface area is 227 Å². The van der Waals surface area contributed by atoms with Gasteiger partial charge in [-0.2, -0.15) is 5.10 Å². The highest BCUT2D eigenvalue weighted by Gasteiger charge is 2.21. The predicted molar refractivity (Wildman–Crippen MR) is 150 cm³/mol. The van der Waals surface area contributed by atoms with Gasteiger partial charge in [0.15, 0.2) is 0 Å². The van der Waals surface area contributed by atoms with Crippen LogP contribution in [-0.2, 0) is 16.6 Å². The van der Waals surface area contributed by atoms with Crippen LogP contribution in [0.15, 0.2) is 107 Å². The molecule has 0 saturated carbocycles. The highest BCUT2D eigenvalue weighted by molar-refractivity contribution is 7.92. The summed E-state index contributed by atoms with van der Waals surface area (Å²) in [7, 11) is -2.24. The molecule has 0 unspecified atom stereocenters. The zero-order chi connectivity index (χ0) is 27.1. The molecule has 0 aliphatic carbocycles. The molecule has 0 aromatic heterocycles. The smallest absolute Gasteiger partial charge is 0.271 e. The normalized spacial score (nSPS) is 11.3. The summed E-state index contributed by atoms with van der Waals surface area (Å²) >= 11 is 5.99. The Hall–Kier alpha value is -4.14. The first-order valence-electron chi connectivity index (χ1n) is 11.7. The van der Waals surface area contributed by atoms with Crippen LogP contribution in [0.25, 0.3) is 0 Å². The first-order chi connectivity index (χ1) is 18.2. The molecular weight excluding hydrogens is 522 g/mol. The minimum Gasteiger partial charge on any atom is -0.489 e. The Balaban J connectivity index is 1.31. The van der Waals surface area contributed by atoms with Crippen LogP contribution in [0.3, 0.4) is 0 Å². The third-order valence-electron chi connectivity index (χ3n) is 5.73. The summed E-state index contributed by atoms with van der Waals surface area (Å²) in [6.45, 7) is 2.29. The van der Waals surface area contributed by atoms with Crippen LogP contribution in [0.1, 0.15) is 27.0 Å². The zero-order valence-electron chi connectivity index (χ0n) is 20.8. The van der Waals surface area contributed by atoms with E-state index in [1.54, 1.807) is 48.5 Å².